The van der Waals surface area contributed by atoms with Crippen molar-refractivity contribution in [3.05, 3.63) is 41.3 Å². The monoisotopic (exact) mass is 263 g/mol. The summed E-state index contributed by atoms with van der Waals surface area (Å²) in [6.07, 6.45) is 0.495. The standard InChI is InChI=1S/C13H14FN3O2/c1-8-3-4-11(10(14)7-8)16-12(18)5-6-13-15-9(2)17-19-13/h3-4,7H,5-6H2,1-2H3,(H,16,18). The van der Waals surface area contributed by atoms with Gasteiger partial charge in [0.15, 0.2) is 5.82 Å². The average molecular weight is 263 g/mol. The van der Waals surface area contributed by atoms with Crippen LogP contribution < -0.4 is 5.32 Å². The lowest BCUT2D eigenvalue weighted by atomic mass is 10.2. The molecule has 1 N–H and O–H groups in total. The van der Waals surface area contributed by atoms with Gasteiger partial charge in [0, 0.05) is 12.8 Å². The van der Waals surface area contributed by atoms with Crippen LogP contribution in [0.2, 0.25) is 0 Å². The Labute approximate surface area is 109 Å². The summed E-state index contributed by atoms with van der Waals surface area (Å²) in [6, 6.07) is 4.65. The van der Waals surface area contributed by atoms with Crippen molar-refractivity contribution in [1.29, 1.82) is 0 Å². The summed E-state index contributed by atoms with van der Waals surface area (Å²) in [6.45, 7) is 3.49. The summed E-state index contributed by atoms with van der Waals surface area (Å²) < 4.78 is 18.4. The minimum Gasteiger partial charge on any atom is -0.339 e. The van der Waals surface area contributed by atoms with Crippen LogP contribution in [0.1, 0.15) is 23.7 Å². The maximum Gasteiger partial charge on any atom is 0.227 e. The van der Waals surface area contributed by atoms with Gasteiger partial charge in [0.2, 0.25) is 11.8 Å². The molecule has 0 spiro atoms. The zero-order valence-corrected chi connectivity index (χ0v) is 10.7. The van der Waals surface area contributed by atoms with Gasteiger partial charge in [0.05, 0.1) is 5.69 Å². The topological polar surface area (TPSA) is 68.0 Å². The molecule has 0 saturated carbocycles. The van der Waals surface area contributed by atoms with Crippen molar-refractivity contribution < 1.29 is 13.7 Å². The van der Waals surface area contributed by atoms with Crippen LogP contribution in [0.15, 0.2) is 22.7 Å². The van der Waals surface area contributed by atoms with Crippen molar-refractivity contribution >= 4 is 11.6 Å². The van der Waals surface area contributed by atoms with E-state index in [1.807, 2.05) is 0 Å². The van der Waals surface area contributed by atoms with Crippen LogP contribution in [0, 0.1) is 19.7 Å². The number of aromatic nitrogens is 2. The molecule has 0 atom stereocenters. The number of hydrogen-bond donors (Lipinski definition) is 1. The van der Waals surface area contributed by atoms with Crippen LogP contribution in [-0.4, -0.2) is 16.0 Å². The first-order chi connectivity index (χ1) is 9.04. The van der Waals surface area contributed by atoms with E-state index in [0.717, 1.165) is 5.56 Å². The summed E-state index contributed by atoms with van der Waals surface area (Å²) in [7, 11) is 0. The molecule has 1 aromatic heterocycles. The Bertz CT molecular complexity index is 595. The Morgan fingerprint density at radius 3 is 2.84 bits per heavy atom. The number of halogens is 1. The number of nitrogens with one attached hydrogen (secondary N) is 1. The van der Waals surface area contributed by atoms with E-state index in [-0.39, 0.29) is 18.0 Å². The zero-order valence-electron chi connectivity index (χ0n) is 10.7. The lowest BCUT2D eigenvalue weighted by Crippen LogP contribution is -2.13. The van der Waals surface area contributed by atoms with Crippen molar-refractivity contribution in [2.45, 2.75) is 26.7 Å². The van der Waals surface area contributed by atoms with Crippen LogP contribution in [0.4, 0.5) is 10.1 Å². The highest BCUT2D eigenvalue weighted by molar-refractivity contribution is 5.90. The van der Waals surface area contributed by atoms with Gasteiger partial charge in [-0.2, -0.15) is 4.98 Å². The molecule has 0 aliphatic heterocycles. The van der Waals surface area contributed by atoms with Gasteiger partial charge in [-0.15, -0.1) is 0 Å². The molecule has 0 aliphatic rings. The number of nitrogens with zero attached hydrogens (tertiary/aromatic N) is 2. The quantitative estimate of drug-likeness (QED) is 0.919. The van der Waals surface area contributed by atoms with Crippen LogP contribution in [-0.2, 0) is 11.2 Å². The fraction of sp³-hybridized carbons (Fsp3) is 0.308. The summed E-state index contributed by atoms with van der Waals surface area (Å²) in [5.74, 6) is 0.192. The van der Waals surface area contributed by atoms with Gasteiger partial charge in [-0.1, -0.05) is 11.2 Å². The maximum absolute atomic E-state index is 13.5. The second kappa shape index (κ2) is 5.60. The molecule has 1 heterocycles. The third-order valence-corrected chi connectivity index (χ3v) is 2.53. The van der Waals surface area contributed by atoms with E-state index in [0.29, 0.717) is 18.1 Å². The van der Waals surface area contributed by atoms with Gasteiger partial charge in [-0.25, -0.2) is 4.39 Å². The van der Waals surface area contributed by atoms with Gasteiger partial charge < -0.3 is 9.84 Å². The molecule has 0 bridgehead atoms. The first kappa shape index (κ1) is 13.2. The number of rotatable bonds is 4. The summed E-state index contributed by atoms with van der Waals surface area (Å²) >= 11 is 0. The minimum absolute atomic E-state index is 0.162. The Balaban J connectivity index is 1.90. The van der Waals surface area contributed by atoms with E-state index >= 15 is 0 Å². The lowest BCUT2D eigenvalue weighted by Gasteiger charge is -2.06. The molecule has 1 aromatic carbocycles. The van der Waals surface area contributed by atoms with Gasteiger partial charge in [0.25, 0.3) is 0 Å². The molecule has 2 aromatic rings. The Morgan fingerprint density at radius 2 is 2.21 bits per heavy atom. The average Bonchev–Trinajstić information content (AvgIpc) is 2.76. The smallest absolute Gasteiger partial charge is 0.227 e. The van der Waals surface area contributed by atoms with Gasteiger partial charge in [-0.3, -0.25) is 4.79 Å². The molecule has 2 rings (SSSR count). The lowest BCUT2D eigenvalue weighted by molar-refractivity contribution is -0.116. The third kappa shape index (κ3) is 3.61. The number of benzene rings is 1. The zero-order chi connectivity index (χ0) is 13.8. The molecule has 0 aliphatic carbocycles. The number of carbonyl (C=O) groups excluding carboxylic acids is 1. The number of carbonyl (C=O) groups is 1. The Hall–Kier alpha value is -2.24. The van der Waals surface area contributed by atoms with E-state index in [1.54, 1.807) is 26.0 Å². The van der Waals surface area contributed by atoms with Crippen LogP contribution in [0.3, 0.4) is 0 Å². The van der Waals surface area contributed by atoms with Crippen LogP contribution in [0.5, 0.6) is 0 Å². The fourth-order valence-electron chi connectivity index (χ4n) is 1.60. The molecule has 100 valence electrons. The SMILES string of the molecule is Cc1ccc(NC(=O)CCc2nc(C)no2)c(F)c1. The molecule has 0 saturated heterocycles. The molecular weight excluding hydrogens is 249 g/mol. The summed E-state index contributed by atoms with van der Waals surface area (Å²) in [5, 5.41) is 6.14. The van der Waals surface area contributed by atoms with Gasteiger partial charge in [0.1, 0.15) is 5.82 Å². The summed E-state index contributed by atoms with van der Waals surface area (Å²) in [4.78, 5) is 15.6. The van der Waals surface area contributed by atoms with E-state index in [1.165, 1.54) is 6.07 Å². The number of amides is 1. The van der Waals surface area contributed by atoms with Crippen molar-refractivity contribution in [2.24, 2.45) is 0 Å². The predicted octanol–water partition coefficient (Wildman–Crippen LogP) is 2.40. The second-order valence-corrected chi connectivity index (χ2v) is 4.27. The fourth-order valence-corrected chi connectivity index (χ4v) is 1.60. The second-order valence-electron chi connectivity index (χ2n) is 4.27. The molecular formula is C13H14FN3O2. The minimum atomic E-state index is -0.443. The van der Waals surface area contributed by atoms with E-state index < -0.39 is 5.82 Å². The predicted molar refractivity (Wildman–Crippen MR) is 67.1 cm³/mol. The molecule has 5 nitrogen and oxygen atoms in total. The number of aryl methyl sites for hydroxylation is 3. The molecule has 0 unspecified atom stereocenters. The van der Waals surface area contributed by atoms with Crippen molar-refractivity contribution in [2.75, 3.05) is 5.32 Å². The molecule has 0 radical (unpaired) electrons. The van der Waals surface area contributed by atoms with Gasteiger partial charge >= 0.3 is 0 Å². The van der Waals surface area contributed by atoms with Crippen LogP contribution >= 0.6 is 0 Å². The van der Waals surface area contributed by atoms with E-state index in [2.05, 4.69) is 15.5 Å². The van der Waals surface area contributed by atoms with Crippen LogP contribution in [0.25, 0.3) is 0 Å². The van der Waals surface area contributed by atoms with E-state index in [9.17, 15) is 9.18 Å². The highest BCUT2D eigenvalue weighted by Gasteiger charge is 2.09. The molecule has 6 heteroatoms. The van der Waals surface area contributed by atoms with Gasteiger partial charge in [-0.05, 0) is 31.5 Å². The Kier molecular flexibility index (Phi) is 3.89. The van der Waals surface area contributed by atoms with Crippen molar-refractivity contribution in [3.63, 3.8) is 0 Å². The number of hydrogen-bond acceptors (Lipinski definition) is 4. The third-order valence-electron chi connectivity index (χ3n) is 2.53. The Morgan fingerprint density at radius 1 is 1.42 bits per heavy atom. The molecule has 0 fully saturated rings. The molecule has 1 amide bonds. The first-order valence-electron chi connectivity index (χ1n) is 5.90. The highest BCUT2D eigenvalue weighted by Crippen LogP contribution is 2.15. The largest absolute Gasteiger partial charge is 0.339 e. The maximum atomic E-state index is 13.5. The number of anilines is 1. The first-order valence-corrected chi connectivity index (χ1v) is 5.90. The molecule has 19 heavy (non-hydrogen) atoms. The summed E-state index contributed by atoms with van der Waals surface area (Å²) in [5.41, 5.74) is 0.981. The van der Waals surface area contributed by atoms with Crippen molar-refractivity contribution in [3.8, 4) is 0 Å². The van der Waals surface area contributed by atoms with Crippen molar-refractivity contribution in [1.82, 2.24) is 10.1 Å². The van der Waals surface area contributed by atoms with E-state index in [4.69, 9.17) is 4.52 Å². The normalized spacial score (nSPS) is 10.5. The highest BCUT2D eigenvalue weighted by atomic mass is 19.1.